The van der Waals surface area contributed by atoms with E-state index in [1.54, 1.807) is 0 Å². The van der Waals surface area contributed by atoms with Crippen molar-refractivity contribution in [2.24, 2.45) is 5.41 Å². The third-order valence-corrected chi connectivity index (χ3v) is 3.69. The smallest absolute Gasteiger partial charge is 0.120 e. The van der Waals surface area contributed by atoms with Crippen LogP contribution in [0.3, 0.4) is 0 Å². The molecular formula is C13H14BrNO. The molecule has 0 spiro atoms. The summed E-state index contributed by atoms with van der Waals surface area (Å²) in [6.45, 7) is 0.629. The lowest BCUT2D eigenvalue weighted by molar-refractivity contribution is 0.156. The minimum absolute atomic E-state index is 0.0913. The summed E-state index contributed by atoms with van der Waals surface area (Å²) in [6.07, 6.45) is 4.09. The highest BCUT2D eigenvalue weighted by Crippen LogP contribution is 2.43. The number of nitriles is 1. The van der Waals surface area contributed by atoms with Crippen LogP contribution in [0, 0.1) is 16.7 Å². The Morgan fingerprint density at radius 2 is 2.25 bits per heavy atom. The number of benzene rings is 1. The summed E-state index contributed by atoms with van der Waals surface area (Å²) >= 11 is 3.40. The highest BCUT2D eigenvalue weighted by atomic mass is 79.9. The molecule has 0 aromatic heterocycles. The molecule has 1 fully saturated rings. The Hall–Kier alpha value is -1.01. The maximum absolute atomic E-state index is 9.06. The number of ether oxygens (including phenoxy) is 1. The van der Waals surface area contributed by atoms with Gasteiger partial charge in [-0.3, -0.25) is 0 Å². The molecule has 2 rings (SSSR count). The molecule has 0 radical (unpaired) electrons. The van der Waals surface area contributed by atoms with Gasteiger partial charge in [-0.05, 0) is 31.0 Å². The molecule has 0 aliphatic heterocycles. The molecule has 0 bridgehead atoms. The first kappa shape index (κ1) is 11.5. The fourth-order valence-electron chi connectivity index (χ4n) is 1.94. The van der Waals surface area contributed by atoms with E-state index in [-0.39, 0.29) is 5.41 Å². The molecule has 0 N–H and O–H groups in total. The molecular weight excluding hydrogens is 266 g/mol. The van der Waals surface area contributed by atoms with Gasteiger partial charge in [-0.25, -0.2) is 0 Å². The Kier molecular flexibility index (Phi) is 3.50. The molecule has 16 heavy (non-hydrogen) atoms. The van der Waals surface area contributed by atoms with Crippen LogP contribution in [-0.4, -0.2) is 6.61 Å². The third kappa shape index (κ3) is 2.56. The molecule has 1 aliphatic carbocycles. The fraction of sp³-hybridized carbons (Fsp3) is 0.462. The van der Waals surface area contributed by atoms with Gasteiger partial charge in [-0.2, -0.15) is 5.26 Å². The molecule has 0 saturated heterocycles. The van der Waals surface area contributed by atoms with E-state index < -0.39 is 0 Å². The minimum Gasteiger partial charge on any atom is -0.493 e. The summed E-state index contributed by atoms with van der Waals surface area (Å²) in [5.41, 5.74) is -0.0913. The molecule has 1 aliphatic rings. The van der Waals surface area contributed by atoms with Crippen LogP contribution in [0.15, 0.2) is 28.7 Å². The normalized spacial score (nSPS) is 17.2. The van der Waals surface area contributed by atoms with Crippen LogP contribution in [0.1, 0.15) is 25.7 Å². The Labute approximate surface area is 104 Å². The number of hydrogen-bond acceptors (Lipinski definition) is 2. The maximum atomic E-state index is 9.06. The number of nitrogens with zero attached hydrogens (tertiary/aromatic N) is 1. The highest BCUT2D eigenvalue weighted by Gasteiger charge is 2.36. The van der Waals surface area contributed by atoms with E-state index in [1.807, 2.05) is 24.3 Å². The standard InChI is InChI=1S/C13H14BrNO/c14-11-3-1-4-12(9-11)16-8-7-13(10-15)5-2-6-13/h1,3-4,9H,2,5-8H2. The van der Waals surface area contributed by atoms with Crippen LogP contribution >= 0.6 is 15.9 Å². The molecule has 3 heteroatoms. The third-order valence-electron chi connectivity index (χ3n) is 3.19. The summed E-state index contributed by atoms with van der Waals surface area (Å²) in [7, 11) is 0. The van der Waals surface area contributed by atoms with Gasteiger partial charge in [0.1, 0.15) is 5.75 Å². The van der Waals surface area contributed by atoms with Gasteiger partial charge in [0.05, 0.1) is 18.1 Å². The van der Waals surface area contributed by atoms with E-state index in [0.717, 1.165) is 29.5 Å². The second kappa shape index (κ2) is 4.88. The SMILES string of the molecule is N#CC1(CCOc2cccc(Br)c2)CCC1. The first-order valence-corrected chi connectivity index (χ1v) is 6.33. The number of halogens is 1. The van der Waals surface area contributed by atoms with Crippen LogP contribution in [-0.2, 0) is 0 Å². The van der Waals surface area contributed by atoms with E-state index in [1.165, 1.54) is 6.42 Å². The highest BCUT2D eigenvalue weighted by molar-refractivity contribution is 9.10. The second-order valence-corrected chi connectivity index (χ2v) is 5.22. The molecule has 1 saturated carbocycles. The van der Waals surface area contributed by atoms with Gasteiger partial charge in [0.15, 0.2) is 0 Å². The molecule has 0 amide bonds. The zero-order valence-electron chi connectivity index (χ0n) is 9.08. The average molecular weight is 280 g/mol. The predicted octanol–water partition coefficient (Wildman–Crippen LogP) is 3.91. The van der Waals surface area contributed by atoms with Crippen molar-refractivity contribution in [3.05, 3.63) is 28.7 Å². The van der Waals surface area contributed by atoms with Crippen molar-refractivity contribution in [2.75, 3.05) is 6.61 Å². The van der Waals surface area contributed by atoms with Gasteiger partial charge in [-0.1, -0.05) is 28.4 Å². The van der Waals surface area contributed by atoms with Gasteiger partial charge < -0.3 is 4.74 Å². The van der Waals surface area contributed by atoms with Crippen LogP contribution in [0.2, 0.25) is 0 Å². The summed E-state index contributed by atoms with van der Waals surface area (Å²) < 4.78 is 6.66. The van der Waals surface area contributed by atoms with Gasteiger partial charge in [0.2, 0.25) is 0 Å². The monoisotopic (exact) mass is 279 g/mol. The van der Waals surface area contributed by atoms with Crippen LogP contribution in [0.5, 0.6) is 5.75 Å². The van der Waals surface area contributed by atoms with E-state index in [0.29, 0.717) is 6.61 Å². The first-order chi connectivity index (χ1) is 7.74. The van der Waals surface area contributed by atoms with Gasteiger partial charge in [-0.15, -0.1) is 0 Å². The first-order valence-electron chi connectivity index (χ1n) is 5.54. The van der Waals surface area contributed by atoms with Gasteiger partial charge in [0.25, 0.3) is 0 Å². The van der Waals surface area contributed by atoms with Crippen molar-refractivity contribution in [1.82, 2.24) is 0 Å². The zero-order chi connectivity index (χ0) is 11.4. The summed E-state index contributed by atoms with van der Waals surface area (Å²) in [4.78, 5) is 0. The van der Waals surface area contributed by atoms with Crippen LogP contribution < -0.4 is 4.74 Å². The largest absolute Gasteiger partial charge is 0.493 e. The predicted molar refractivity (Wildman–Crippen MR) is 66.2 cm³/mol. The maximum Gasteiger partial charge on any atom is 0.120 e. The summed E-state index contributed by atoms with van der Waals surface area (Å²) in [5.74, 6) is 0.863. The molecule has 1 aromatic rings. The lowest BCUT2D eigenvalue weighted by Gasteiger charge is -2.34. The quantitative estimate of drug-likeness (QED) is 0.837. The van der Waals surface area contributed by atoms with Gasteiger partial charge in [0, 0.05) is 10.9 Å². The lowest BCUT2D eigenvalue weighted by Crippen LogP contribution is -2.29. The summed E-state index contributed by atoms with van der Waals surface area (Å²) in [6, 6.07) is 10.2. The Balaban J connectivity index is 1.82. The second-order valence-electron chi connectivity index (χ2n) is 4.30. The van der Waals surface area contributed by atoms with Crippen molar-refractivity contribution in [2.45, 2.75) is 25.7 Å². The van der Waals surface area contributed by atoms with Crippen molar-refractivity contribution in [3.63, 3.8) is 0 Å². The number of rotatable bonds is 4. The number of hydrogen-bond donors (Lipinski definition) is 0. The Bertz CT molecular complexity index is 407. The van der Waals surface area contributed by atoms with Crippen molar-refractivity contribution >= 4 is 15.9 Å². The van der Waals surface area contributed by atoms with Crippen molar-refractivity contribution < 1.29 is 4.74 Å². The zero-order valence-corrected chi connectivity index (χ0v) is 10.7. The molecule has 84 valence electrons. The van der Waals surface area contributed by atoms with Crippen molar-refractivity contribution in [1.29, 1.82) is 5.26 Å². The van der Waals surface area contributed by atoms with Crippen LogP contribution in [0.4, 0.5) is 0 Å². The Morgan fingerprint density at radius 1 is 1.44 bits per heavy atom. The molecule has 2 nitrogen and oxygen atoms in total. The molecule has 1 aromatic carbocycles. The van der Waals surface area contributed by atoms with E-state index in [9.17, 15) is 0 Å². The molecule has 0 heterocycles. The Morgan fingerprint density at radius 3 is 2.81 bits per heavy atom. The summed E-state index contributed by atoms with van der Waals surface area (Å²) in [5, 5.41) is 9.06. The lowest BCUT2D eigenvalue weighted by atomic mass is 9.68. The van der Waals surface area contributed by atoms with Crippen LogP contribution in [0.25, 0.3) is 0 Å². The minimum atomic E-state index is -0.0913. The van der Waals surface area contributed by atoms with E-state index in [2.05, 4.69) is 22.0 Å². The molecule has 0 unspecified atom stereocenters. The topological polar surface area (TPSA) is 33.0 Å². The van der Waals surface area contributed by atoms with Crippen molar-refractivity contribution in [3.8, 4) is 11.8 Å². The fourth-order valence-corrected chi connectivity index (χ4v) is 2.32. The molecule has 0 atom stereocenters. The van der Waals surface area contributed by atoms with E-state index >= 15 is 0 Å². The average Bonchev–Trinajstić information content (AvgIpc) is 2.22. The van der Waals surface area contributed by atoms with Gasteiger partial charge >= 0.3 is 0 Å². The van der Waals surface area contributed by atoms with E-state index in [4.69, 9.17) is 10.00 Å².